The summed E-state index contributed by atoms with van der Waals surface area (Å²) in [6.45, 7) is 1.20. The number of aromatic nitrogens is 1. The number of amides is 1. The predicted octanol–water partition coefficient (Wildman–Crippen LogP) is 3.40. The van der Waals surface area contributed by atoms with Gasteiger partial charge < -0.3 is 10.1 Å². The van der Waals surface area contributed by atoms with Crippen LogP contribution in [-0.2, 0) is 19.4 Å². The zero-order chi connectivity index (χ0) is 21.2. The molecule has 0 radical (unpaired) electrons. The van der Waals surface area contributed by atoms with Crippen LogP contribution in [0.1, 0.15) is 16.1 Å². The Balaban J connectivity index is 1.73. The molecule has 1 N–H and O–H groups in total. The second-order valence-electron chi connectivity index (χ2n) is 6.37. The Kier molecular flexibility index (Phi) is 5.86. The number of hydrogen-bond donors (Lipinski definition) is 1. The van der Waals surface area contributed by atoms with Crippen LogP contribution < -0.4 is 5.32 Å². The Bertz CT molecular complexity index is 1220. The van der Waals surface area contributed by atoms with Crippen molar-refractivity contribution in [1.82, 2.24) is 4.98 Å². The molecule has 9 heteroatoms. The molecule has 0 bridgehead atoms. The van der Waals surface area contributed by atoms with Crippen molar-refractivity contribution in [2.75, 3.05) is 18.2 Å². The van der Waals surface area contributed by atoms with Gasteiger partial charge in [-0.2, -0.15) is 0 Å². The fraction of sp³-hybridized carbons (Fsp3) is 0.150. The Morgan fingerprint density at radius 2 is 1.86 bits per heavy atom. The Morgan fingerprint density at radius 1 is 1.14 bits per heavy atom. The van der Waals surface area contributed by atoms with Crippen LogP contribution in [0.15, 0.2) is 53.4 Å². The first kappa shape index (κ1) is 20.8. The number of carbonyl (C=O) groups is 2. The third-order valence-electron chi connectivity index (χ3n) is 4.04. The molecule has 0 aliphatic carbocycles. The molecule has 1 heterocycles. The quantitative estimate of drug-likeness (QED) is 0.620. The molecular formula is C20H17ClN2O5S. The van der Waals surface area contributed by atoms with Gasteiger partial charge in [0.15, 0.2) is 16.4 Å². The first-order valence-electron chi connectivity index (χ1n) is 8.48. The van der Waals surface area contributed by atoms with E-state index in [2.05, 4.69) is 10.3 Å². The molecule has 1 aromatic heterocycles. The molecule has 2 aromatic carbocycles. The summed E-state index contributed by atoms with van der Waals surface area (Å²) in [5.41, 5.74) is 1.71. The average molecular weight is 433 g/mol. The van der Waals surface area contributed by atoms with Gasteiger partial charge in [0.1, 0.15) is 0 Å². The SMILES string of the molecule is Cc1cc(C(=O)OCC(=O)Nc2cc(S(C)(=O)=O)ccc2Cl)c2ccccc2n1. The number of benzene rings is 2. The van der Waals surface area contributed by atoms with E-state index >= 15 is 0 Å². The lowest BCUT2D eigenvalue weighted by atomic mass is 10.1. The van der Waals surface area contributed by atoms with Crippen molar-refractivity contribution in [1.29, 1.82) is 0 Å². The molecule has 0 fully saturated rings. The lowest BCUT2D eigenvalue weighted by molar-refractivity contribution is -0.119. The standard InChI is InChI=1S/C20H17ClN2O5S/c1-12-9-15(14-5-3-4-6-17(14)22-12)20(25)28-11-19(24)23-18-10-13(29(2,26)27)7-8-16(18)21/h3-10H,11H2,1-2H3,(H,23,24). The Hall–Kier alpha value is -2.97. The number of sulfone groups is 1. The van der Waals surface area contributed by atoms with E-state index in [1.807, 2.05) is 6.07 Å². The number of para-hydroxylation sites is 1. The minimum absolute atomic E-state index is 0.00734. The molecule has 3 aromatic rings. The molecule has 0 unspecified atom stereocenters. The molecule has 0 saturated carbocycles. The number of aryl methyl sites for hydroxylation is 1. The predicted molar refractivity (Wildman–Crippen MR) is 110 cm³/mol. The summed E-state index contributed by atoms with van der Waals surface area (Å²) in [5, 5.41) is 3.23. The summed E-state index contributed by atoms with van der Waals surface area (Å²) >= 11 is 6.01. The van der Waals surface area contributed by atoms with E-state index < -0.39 is 28.3 Å². The minimum atomic E-state index is -3.47. The number of esters is 1. The zero-order valence-electron chi connectivity index (χ0n) is 15.6. The van der Waals surface area contributed by atoms with E-state index in [-0.39, 0.29) is 15.6 Å². The normalized spacial score (nSPS) is 11.3. The monoisotopic (exact) mass is 432 g/mol. The fourth-order valence-corrected chi connectivity index (χ4v) is 3.51. The molecule has 0 saturated heterocycles. The van der Waals surface area contributed by atoms with Crippen LogP contribution in [0.25, 0.3) is 10.9 Å². The molecule has 0 atom stereocenters. The Labute approximate surface area is 172 Å². The maximum absolute atomic E-state index is 12.5. The van der Waals surface area contributed by atoms with Crippen LogP contribution in [0.5, 0.6) is 0 Å². The van der Waals surface area contributed by atoms with Gasteiger partial charge >= 0.3 is 5.97 Å². The summed E-state index contributed by atoms with van der Waals surface area (Å²) in [4.78, 5) is 29.0. The molecule has 0 spiro atoms. The molecule has 0 aliphatic heterocycles. The van der Waals surface area contributed by atoms with Gasteiger partial charge in [0.25, 0.3) is 5.91 Å². The first-order valence-corrected chi connectivity index (χ1v) is 10.7. The maximum atomic E-state index is 12.5. The minimum Gasteiger partial charge on any atom is -0.452 e. The molecule has 7 nitrogen and oxygen atoms in total. The number of nitrogens with zero attached hydrogens (tertiary/aromatic N) is 1. The number of rotatable bonds is 5. The molecule has 150 valence electrons. The summed E-state index contributed by atoms with van der Waals surface area (Å²) in [6.07, 6.45) is 1.05. The summed E-state index contributed by atoms with van der Waals surface area (Å²) in [6, 6.07) is 12.7. The van der Waals surface area contributed by atoms with Crippen molar-refractivity contribution in [3.63, 3.8) is 0 Å². The van der Waals surface area contributed by atoms with Gasteiger partial charge in [-0.05, 0) is 37.3 Å². The number of nitrogens with one attached hydrogen (secondary N) is 1. The van der Waals surface area contributed by atoms with Gasteiger partial charge in [-0.3, -0.25) is 9.78 Å². The van der Waals surface area contributed by atoms with Crippen molar-refractivity contribution in [3.8, 4) is 0 Å². The van der Waals surface area contributed by atoms with Crippen LogP contribution >= 0.6 is 11.6 Å². The van der Waals surface area contributed by atoms with E-state index in [1.165, 1.54) is 18.2 Å². The number of carbonyl (C=O) groups excluding carboxylic acids is 2. The van der Waals surface area contributed by atoms with Crippen LogP contribution in [0.3, 0.4) is 0 Å². The van der Waals surface area contributed by atoms with Gasteiger partial charge in [-0.25, -0.2) is 13.2 Å². The lowest BCUT2D eigenvalue weighted by Crippen LogP contribution is -2.21. The molecular weight excluding hydrogens is 416 g/mol. The second-order valence-corrected chi connectivity index (χ2v) is 8.79. The van der Waals surface area contributed by atoms with Crippen molar-refractivity contribution in [3.05, 3.63) is 64.8 Å². The maximum Gasteiger partial charge on any atom is 0.339 e. The highest BCUT2D eigenvalue weighted by molar-refractivity contribution is 7.90. The van der Waals surface area contributed by atoms with Crippen molar-refractivity contribution in [2.45, 2.75) is 11.8 Å². The van der Waals surface area contributed by atoms with E-state index in [9.17, 15) is 18.0 Å². The first-order chi connectivity index (χ1) is 13.6. The number of halogens is 1. The smallest absolute Gasteiger partial charge is 0.339 e. The number of hydrogen-bond acceptors (Lipinski definition) is 6. The van der Waals surface area contributed by atoms with Gasteiger partial charge in [-0.1, -0.05) is 29.8 Å². The van der Waals surface area contributed by atoms with Gasteiger partial charge in [0.05, 0.1) is 26.7 Å². The number of anilines is 1. The van der Waals surface area contributed by atoms with E-state index in [4.69, 9.17) is 16.3 Å². The molecule has 0 aliphatic rings. The number of ether oxygens (including phenoxy) is 1. The highest BCUT2D eigenvalue weighted by Gasteiger charge is 2.16. The lowest BCUT2D eigenvalue weighted by Gasteiger charge is -2.10. The van der Waals surface area contributed by atoms with Crippen molar-refractivity contribution in [2.24, 2.45) is 0 Å². The highest BCUT2D eigenvalue weighted by atomic mass is 35.5. The number of pyridine rings is 1. The van der Waals surface area contributed by atoms with Crippen LogP contribution in [0.4, 0.5) is 5.69 Å². The summed E-state index contributed by atoms with van der Waals surface area (Å²) in [7, 11) is -3.47. The third-order valence-corrected chi connectivity index (χ3v) is 5.48. The summed E-state index contributed by atoms with van der Waals surface area (Å²) < 4.78 is 28.4. The van der Waals surface area contributed by atoms with E-state index in [1.54, 1.807) is 31.2 Å². The Morgan fingerprint density at radius 3 is 2.59 bits per heavy atom. The second kappa shape index (κ2) is 8.18. The largest absolute Gasteiger partial charge is 0.452 e. The van der Waals surface area contributed by atoms with Crippen molar-refractivity contribution < 1.29 is 22.7 Å². The summed E-state index contributed by atoms with van der Waals surface area (Å²) in [5.74, 6) is -1.32. The van der Waals surface area contributed by atoms with Crippen LogP contribution in [0.2, 0.25) is 5.02 Å². The molecule has 1 amide bonds. The average Bonchev–Trinajstić information content (AvgIpc) is 2.66. The molecule has 29 heavy (non-hydrogen) atoms. The zero-order valence-corrected chi connectivity index (χ0v) is 17.2. The third kappa shape index (κ3) is 4.90. The van der Waals surface area contributed by atoms with Crippen LogP contribution in [-0.4, -0.2) is 38.1 Å². The highest BCUT2D eigenvalue weighted by Crippen LogP contribution is 2.25. The molecule has 3 rings (SSSR count). The van der Waals surface area contributed by atoms with Crippen LogP contribution in [0, 0.1) is 6.92 Å². The van der Waals surface area contributed by atoms with E-state index in [0.29, 0.717) is 22.2 Å². The van der Waals surface area contributed by atoms with Gasteiger partial charge in [0.2, 0.25) is 0 Å². The topological polar surface area (TPSA) is 102 Å². The number of fused-ring (bicyclic) bond motifs is 1. The van der Waals surface area contributed by atoms with Gasteiger partial charge in [-0.15, -0.1) is 0 Å². The fourth-order valence-electron chi connectivity index (χ4n) is 2.70. The van der Waals surface area contributed by atoms with E-state index in [0.717, 1.165) is 6.26 Å². The van der Waals surface area contributed by atoms with Gasteiger partial charge in [0, 0.05) is 17.3 Å². The van der Waals surface area contributed by atoms with Crippen molar-refractivity contribution >= 4 is 49.9 Å².